The first-order valence-corrected chi connectivity index (χ1v) is 7.59. The van der Waals surface area contributed by atoms with E-state index < -0.39 is 12.1 Å². The van der Waals surface area contributed by atoms with Gasteiger partial charge in [0.15, 0.2) is 11.8 Å². The van der Waals surface area contributed by atoms with Crippen LogP contribution in [0.15, 0.2) is 24.3 Å². The number of hydrogen-bond acceptors (Lipinski definition) is 4. The summed E-state index contributed by atoms with van der Waals surface area (Å²) in [7, 11) is 0. The highest BCUT2D eigenvalue weighted by molar-refractivity contribution is 6.02. The lowest BCUT2D eigenvalue weighted by Crippen LogP contribution is -2.42. The van der Waals surface area contributed by atoms with Crippen molar-refractivity contribution in [3.05, 3.63) is 30.0 Å². The van der Waals surface area contributed by atoms with Crippen LogP contribution in [0, 0.1) is 0 Å². The number of rotatable bonds is 3. The quantitative estimate of drug-likeness (QED) is 0.881. The molecule has 1 fully saturated rings. The van der Waals surface area contributed by atoms with Crippen molar-refractivity contribution < 1.29 is 14.3 Å². The number of para-hydroxylation sites is 1. The third-order valence-corrected chi connectivity index (χ3v) is 3.96. The van der Waals surface area contributed by atoms with Gasteiger partial charge in [0.25, 0.3) is 5.91 Å². The zero-order valence-electron chi connectivity index (χ0n) is 12.5. The van der Waals surface area contributed by atoms with E-state index in [4.69, 9.17) is 4.74 Å². The molecule has 1 saturated heterocycles. The van der Waals surface area contributed by atoms with Crippen LogP contribution in [-0.2, 0) is 9.53 Å². The number of hydrogen-bond donors (Lipinski definition) is 1. The van der Waals surface area contributed by atoms with E-state index in [9.17, 15) is 9.59 Å². The second kappa shape index (κ2) is 6.17. The van der Waals surface area contributed by atoms with Crippen LogP contribution in [0.4, 0.5) is 0 Å². The first-order chi connectivity index (χ1) is 10.7. The summed E-state index contributed by atoms with van der Waals surface area (Å²) in [5.41, 5.74) is 0.985. The van der Waals surface area contributed by atoms with Gasteiger partial charge in [-0.1, -0.05) is 18.2 Å². The predicted molar refractivity (Wildman–Crippen MR) is 81.4 cm³/mol. The van der Waals surface area contributed by atoms with Crippen LogP contribution >= 0.6 is 0 Å². The summed E-state index contributed by atoms with van der Waals surface area (Å²) >= 11 is 0. The summed E-state index contributed by atoms with van der Waals surface area (Å²) in [5, 5.41) is 7.48. The molecule has 0 aliphatic carbocycles. The van der Waals surface area contributed by atoms with Crippen molar-refractivity contribution in [1.82, 2.24) is 15.1 Å². The zero-order chi connectivity index (χ0) is 15.5. The number of ether oxygens (including phenoxy) is 1. The molecule has 0 saturated carbocycles. The van der Waals surface area contributed by atoms with Crippen LogP contribution < -0.4 is 0 Å². The maximum atomic E-state index is 12.3. The van der Waals surface area contributed by atoms with Gasteiger partial charge < -0.3 is 9.64 Å². The second-order valence-electron chi connectivity index (χ2n) is 5.55. The Bertz CT molecular complexity index is 689. The fourth-order valence-corrected chi connectivity index (χ4v) is 2.76. The maximum Gasteiger partial charge on any atom is 0.360 e. The van der Waals surface area contributed by atoms with E-state index in [0.717, 1.165) is 37.9 Å². The Morgan fingerprint density at radius 3 is 2.73 bits per heavy atom. The number of carbonyl (C=O) groups is 2. The molecule has 0 unspecified atom stereocenters. The molecule has 2 heterocycles. The molecular formula is C16H19N3O3. The average Bonchev–Trinajstić information content (AvgIpc) is 2.99. The third-order valence-electron chi connectivity index (χ3n) is 3.96. The van der Waals surface area contributed by atoms with Crippen molar-refractivity contribution in [3.63, 3.8) is 0 Å². The minimum atomic E-state index is -0.791. The number of amides is 1. The fourth-order valence-electron chi connectivity index (χ4n) is 2.76. The van der Waals surface area contributed by atoms with Crippen LogP contribution in [0.5, 0.6) is 0 Å². The Kier molecular flexibility index (Phi) is 4.09. The number of nitrogens with zero attached hydrogens (tertiary/aromatic N) is 2. The summed E-state index contributed by atoms with van der Waals surface area (Å²) in [6.45, 7) is 3.10. The van der Waals surface area contributed by atoms with Gasteiger partial charge in [0, 0.05) is 18.5 Å². The minimum Gasteiger partial charge on any atom is -0.448 e. The van der Waals surface area contributed by atoms with Crippen LogP contribution in [0.25, 0.3) is 10.9 Å². The Hall–Kier alpha value is -2.37. The molecule has 2 aromatic rings. The van der Waals surface area contributed by atoms with Gasteiger partial charge in [-0.05, 0) is 32.3 Å². The third kappa shape index (κ3) is 2.81. The molecule has 1 aliphatic rings. The van der Waals surface area contributed by atoms with Gasteiger partial charge >= 0.3 is 5.97 Å². The number of fused-ring (bicyclic) bond motifs is 1. The van der Waals surface area contributed by atoms with Gasteiger partial charge in [-0.3, -0.25) is 9.89 Å². The van der Waals surface area contributed by atoms with E-state index in [-0.39, 0.29) is 11.6 Å². The van der Waals surface area contributed by atoms with Crippen molar-refractivity contribution in [2.75, 3.05) is 13.1 Å². The smallest absolute Gasteiger partial charge is 0.360 e. The van der Waals surface area contributed by atoms with Gasteiger partial charge in [-0.25, -0.2) is 4.79 Å². The number of carbonyl (C=O) groups excluding carboxylic acids is 2. The lowest BCUT2D eigenvalue weighted by molar-refractivity contribution is -0.140. The van der Waals surface area contributed by atoms with Crippen molar-refractivity contribution in [2.24, 2.45) is 0 Å². The highest BCUT2D eigenvalue weighted by Gasteiger charge is 2.26. The number of piperidine rings is 1. The largest absolute Gasteiger partial charge is 0.448 e. The molecule has 1 aromatic carbocycles. The normalized spacial score (nSPS) is 16.5. The standard InChI is InChI=1S/C16H19N3O3/c1-11(15(20)19-9-5-2-6-10-19)22-16(21)14-12-7-3-4-8-13(12)17-18-14/h3-4,7-8,11H,2,5-6,9-10H2,1H3,(H,17,18)/t11-/m1/s1. The van der Waals surface area contributed by atoms with E-state index in [1.165, 1.54) is 0 Å². The molecule has 0 bridgehead atoms. The molecule has 1 amide bonds. The van der Waals surface area contributed by atoms with Crippen LogP contribution in [0.2, 0.25) is 0 Å². The molecule has 0 radical (unpaired) electrons. The first-order valence-electron chi connectivity index (χ1n) is 7.59. The Balaban J connectivity index is 1.69. The molecule has 1 aliphatic heterocycles. The monoisotopic (exact) mass is 301 g/mol. The molecule has 6 heteroatoms. The van der Waals surface area contributed by atoms with Crippen molar-refractivity contribution in [2.45, 2.75) is 32.3 Å². The topological polar surface area (TPSA) is 75.3 Å². The zero-order valence-corrected chi connectivity index (χ0v) is 12.5. The van der Waals surface area contributed by atoms with E-state index in [1.54, 1.807) is 17.9 Å². The Labute approximate surface area is 128 Å². The van der Waals surface area contributed by atoms with Crippen molar-refractivity contribution in [1.29, 1.82) is 0 Å². The van der Waals surface area contributed by atoms with Crippen LogP contribution in [0.3, 0.4) is 0 Å². The molecule has 0 spiro atoms. The minimum absolute atomic E-state index is 0.132. The average molecular weight is 301 g/mol. The molecule has 3 rings (SSSR count). The number of likely N-dealkylation sites (tertiary alicyclic amines) is 1. The highest BCUT2D eigenvalue weighted by atomic mass is 16.5. The highest BCUT2D eigenvalue weighted by Crippen LogP contribution is 2.17. The Morgan fingerprint density at radius 1 is 1.23 bits per heavy atom. The van der Waals surface area contributed by atoms with Gasteiger partial charge in [-0.15, -0.1) is 0 Å². The fraction of sp³-hybridized carbons (Fsp3) is 0.438. The summed E-state index contributed by atoms with van der Waals surface area (Å²) in [4.78, 5) is 26.3. The summed E-state index contributed by atoms with van der Waals surface area (Å²) in [6, 6.07) is 7.32. The van der Waals surface area contributed by atoms with E-state index >= 15 is 0 Å². The van der Waals surface area contributed by atoms with Crippen LogP contribution in [-0.4, -0.2) is 46.2 Å². The summed E-state index contributed by atoms with van der Waals surface area (Å²) in [6.07, 6.45) is 2.38. The molecule has 22 heavy (non-hydrogen) atoms. The number of nitrogens with one attached hydrogen (secondary N) is 1. The lowest BCUT2D eigenvalue weighted by atomic mass is 10.1. The molecule has 1 aromatic heterocycles. The Morgan fingerprint density at radius 2 is 1.95 bits per heavy atom. The van der Waals surface area contributed by atoms with Gasteiger partial charge in [-0.2, -0.15) is 5.10 Å². The molecule has 1 N–H and O–H groups in total. The second-order valence-corrected chi connectivity index (χ2v) is 5.55. The van der Waals surface area contributed by atoms with Gasteiger partial charge in [0.1, 0.15) is 0 Å². The molecule has 6 nitrogen and oxygen atoms in total. The first kappa shape index (κ1) is 14.6. The van der Waals surface area contributed by atoms with Gasteiger partial charge in [0.2, 0.25) is 0 Å². The SMILES string of the molecule is C[C@@H](OC(=O)c1n[nH]c2ccccc12)C(=O)N1CCCCC1. The lowest BCUT2D eigenvalue weighted by Gasteiger charge is -2.28. The van der Waals surface area contributed by atoms with Crippen molar-refractivity contribution >= 4 is 22.8 Å². The molecule has 116 valence electrons. The molecule has 1 atom stereocenters. The maximum absolute atomic E-state index is 12.3. The summed E-state index contributed by atoms with van der Waals surface area (Å²) < 4.78 is 5.31. The number of benzene rings is 1. The van der Waals surface area contributed by atoms with Crippen molar-refractivity contribution in [3.8, 4) is 0 Å². The summed E-state index contributed by atoms with van der Waals surface area (Å²) in [5.74, 6) is -0.705. The molecular weight excluding hydrogens is 282 g/mol. The number of aromatic amines is 1. The van der Waals surface area contributed by atoms with E-state index in [2.05, 4.69) is 10.2 Å². The predicted octanol–water partition coefficient (Wildman–Crippen LogP) is 2.12. The van der Waals surface area contributed by atoms with Gasteiger partial charge in [0.05, 0.1) is 5.52 Å². The van der Waals surface area contributed by atoms with E-state index in [0.29, 0.717) is 5.39 Å². The number of H-pyrrole nitrogens is 1. The number of esters is 1. The number of aromatic nitrogens is 2. The van der Waals surface area contributed by atoms with Crippen LogP contribution in [0.1, 0.15) is 36.7 Å². The van der Waals surface area contributed by atoms with E-state index in [1.807, 2.05) is 18.2 Å².